The second-order valence-corrected chi connectivity index (χ2v) is 1.69. The van der Waals surface area contributed by atoms with E-state index in [0.717, 1.165) is 0 Å². The Bertz CT molecular complexity index is 158. The van der Waals surface area contributed by atoms with Crippen LogP contribution in [0.25, 0.3) is 0 Å². The van der Waals surface area contributed by atoms with Gasteiger partial charge in [-0.3, -0.25) is 0 Å². The molecular formula is C7H10NO2V-3. The smallest absolute Gasteiger partial charge is 0.0178 e. The van der Waals surface area contributed by atoms with Gasteiger partial charge in [-0.15, -0.1) is 0 Å². The van der Waals surface area contributed by atoms with Crippen LogP contribution in [0.5, 0.6) is 0 Å². The van der Waals surface area contributed by atoms with Gasteiger partial charge in [-0.2, -0.15) is 0 Å². The molecule has 0 heterocycles. The summed E-state index contributed by atoms with van der Waals surface area (Å²) in [5.41, 5.74) is 6.54. The van der Waals surface area contributed by atoms with Gasteiger partial charge in [0.25, 0.3) is 0 Å². The van der Waals surface area contributed by atoms with Crippen molar-refractivity contribution in [2.24, 2.45) is 5.73 Å². The van der Waals surface area contributed by atoms with Crippen molar-refractivity contribution in [2.45, 2.75) is 6.54 Å². The van der Waals surface area contributed by atoms with Crippen molar-refractivity contribution in [1.29, 1.82) is 0 Å². The molecule has 1 aromatic carbocycles. The molecule has 0 aliphatic carbocycles. The minimum Gasteiger partial charge on any atom is -2.00 e. The number of rotatable bonds is 1. The van der Waals surface area contributed by atoms with Crippen LogP contribution in [0, 0.1) is 0 Å². The van der Waals surface area contributed by atoms with Crippen LogP contribution in [0.4, 0.5) is 0 Å². The van der Waals surface area contributed by atoms with Crippen molar-refractivity contribution in [3.63, 3.8) is 0 Å². The van der Waals surface area contributed by atoms with E-state index in [1.165, 1.54) is 5.56 Å². The summed E-state index contributed by atoms with van der Waals surface area (Å²) in [6.07, 6.45) is 0. The van der Waals surface area contributed by atoms with Gasteiger partial charge >= 0.3 is 0 Å². The molecular weight excluding hydrogens is 181 g/mol. The minimum absolute atomic E-state index is 0. The zero-order valence-corrected chi connectivity index (χ0v) is 7.37. The third-order valence-corrected chi connectivity index (χ3v) is 1.08. The molecule has 0 saturated heterocycles. The van der Waals surface area contributed by atoms with Gasteiger partial charge in [0, 0.05) is 25.1 Å². The quantitative estimate of drug-likeness (QED) is 0.713. The van der Waals surface area contributed by atoms with Crippen molar-refractivity contribution in [2.75, 3.05) is 0 Å². The topological polar surface area (TPSA) is 84.5 Å². The molecule has 11 heavy (non-hydrogen) atoms. The van der Waals surface area contributed by atoms with E-state index in [0.29, 0.717) is 6.54 Å². The molecule has 0 spiro atoms. The summed E-state index contributed by atoms with van der Waals surface area (Å²) in [4.78, 5) is 0. The van der Waals surface area contributed by atoms with Gasteiger partial charge in [0.2, 0.25) is 0 Å². The van der Waals surface area contributed by atoms with Gasteiger partial charge in [0.1, 0.15) is 0 Å². The average molecular weight is 191 g/mol. The molecule has 4 heteroatoms. The number of hydrogen-bond acceptors (Lipinski definition) is 2. The molecule has 1 aromatic rings. The van der Waals surface area contributed by atoms with Crippen molar-refractivity contribution in [3.8, 4) is 0 Å². The molecule has 0 amide bonds. The zero-order valence-electron chi connectivity index (χ0n) is 5.97. The van der Waals surface area contributed by atoms with E-state index in [2.05, 4.69) is 0 Å². The zero-order chi connectivity index (χ0) is 5.82. The number of benzene rings is 1. The Kier molecular flexibility index (Phi) is 14.9. The average Bonchev–Trinajstić information content (AvgIpc) is 1.90. The Morgan fingerprint density at radius 1 is 1.09 bits per heavy atom. The molecule has 0 aliphatic rings. The molecule has 0 saturated carbocycles. The fourth-order valence-electron chi connectivity index (χ4n) is 0.614. The monoisotopic (exact) mass is 191 g/mol. The van der Waals surface area contributed by atoms with Crippen molar-refractivity contribution in [1.82, 2.24) is 0 Å². The molecule has 0 aromatic heterocycles. The summed E-state index contributed by atoms with van der Waals surface area (Å²) in [6, 6.07) is 9.99. The van der Waals surface area contributed by atoms with E-state index in [1.54, 1.807) is 0 Å². The van der Waals surface area contributed by atoms with Gasteiger partial charge in [0.05, 0.1) is 0 Å². The van der Waals surface area contributed by atoms with Crippen LogP contribution in [-0.2, 0) is 30.6 Å². The maximum Gasteiger partial charge on any atom is 0.0178 e. The molecule has 0 unspecified atom stereocenters. The Labute approximate surface area is 78.1 Å². The molecule has 0 aliphatic heterocycles. The summed E-state index contributed by atoms with van der Waals surface area (Å²) in [5.74, 6) is 0. The van der Waals surface area contributed by atoms with Crippen LogP contribution in [0.1, 0.15) is 5.56 Å². The maximum atomic E-state index is 5.35. The first kappa shape index (κ1) is 17.0. The third kappa shape index (κ3) is 6.10. The van der Waals surface area contributed by atoms with Gasteiger partial charge in [-0.05, 0) is 5.56 Å². The SMILES string of the molecule is NCc1ccccc1.[O-2].[OH-].[V]. The summed E-state index contributed by atoms with van der Waals surface area (Å²) < 4.78 is 0. The normalized spacial score (nSPS) is 6.64. The second kappa shape index (κ2) is 9.68. The van der Waals surface area contributed by atoms with Gasteiger partial charge in [-0.1, -0.05) is 30.3 Å². The fourth-order valence-corrected chi connectivity index (χ4v) is 0.614. The summed E-state index contributed by atoms with van der Waals surface area (Å²) in [5, 5.41) is 0. The predicted octanol–water partition coefficient (Wildman–Crippen LogP) is 0.847. The Balaban J connectivity index is -0.000000213. The minimum atomic E-state index is 0. The van der Waals surface area contributed by atoms with Crippen molar-refractivity contribution in [3.05, 3.63) is 35.9 Å². The largest absolute Gasteiger partial charge is 2.00 e. The Morgan fingerprint density at radius 3 is 1.82 bits per heavy atom. The molecule has 63 valence electrons. The molecule has 1 radical (unpaired) electrons. The van der Waals surface area contributed by atoms with E-state index in [4.69, 9.17) is 5.73 Å². The summed E-state index contributed by atoms with van der Waals surface area (Å²) >= 11 is 0. The van der Waals surface area contributed by atoms with Gasteiger partial charge < -0.3 is 16.7 Å². The molecule has 0 bridgehead atoms. The van der Waals surface area contributed by atoms with Crippen LogP contribution in [0.15, 0.2) is 30.3 Å². The molecule has 0 fully saturated rings. The van der Waals surface area contributed by atoms with E-state index in [-0.39, 0.29) is 29.5 Å². The summed E-state index contributed by atoms with van der Waals surface area (Å²) in [7, 11) is 0. The van der Waals surface area contributed by atoms with E-state index >= 15 is 0 Å². The van der Waals surface area contributed by atoms with Crippen LogP contribution in [0.3, 0.4) is 0 Å². The molecule has 3 N–H and O–H groups in total. The first-order chi connectivity index (χ1) is 3.93. The van der Waals surface area contributed by atoms with Crippen molar-refractivity contribution < 1.29 is 29.5 Å². The summed E-state index contributed by atoms with van der Waals surface area (Å²) in [6.45, 7) is 0.640. The van der Waals surface area contributed by atoms with E-state index in [9.17, 15) is 0 Å². The first-order valence-electron chi connectivity index (χ1n) is 2.67. The Hall–Kier alpha value is -0.316. The predicted molar refractivity (Wildman–Crippen MR) is 37.0 cm³/mol. The third-order valence-electron chi connectivity index (χ3n) is 1.08. The standard InChI is InChI=1S/C7H9N.H2O.O.V/c8-6-7-4-2-1-3-5-7;;;/h1-5H,6,8H2;1H2;;/q;;-2;/p-1. The fraction of sp³-hybridized carbons (Fsp3) is 0.143. The maximum absolute atomic E-state index is 5.35. The van der Waals surface area contributed by atoms with Gasteiger partial charge in [0.15, 0.2) is 0 Å². The first-order valence-corrected chi connectivity index (χ1v) is 2.67. The van der Waals surface area contributed by atoms with Crippen LogP contribution < -0.4 is 5.73 Å². The molecule has 0 atom stereocenters. The van der Waals surface area contributed by atoms with Crippen LogP contribution >= 0.6 is 0 Å². The number of hydrogen-bond donors (Lipinski definition) is 1. The van der Waals surface area contributed by atoms with Crippen molar-refractivity contribution >= 4 is 0 Å². The van der Waals surface area contributed by atoms with Crippen LogP contribution in [0.2, 0.25) is 0 Å². The molecule has 3 nitrogen and oxygen atoms in total. The number of nitrogens with two attached hydrogens (primary N) is 1. The van der Waals surface area contributed by atoms with E-state index < -0.39 is 0 Å². The molecule has 1 rings (SSSR count). The second-order valence-electron chi connectivity index (χ2n) is 1.69. The van der Waals surface area contributed by atoms with Gasteiger partial charge in [-0.25, -0.2) is 0 Å². The van der Waals surface area contributed by atoms with Crippen LogP contribution in [-0.4, -0.2) is 5.48 Å². The Morgan fingerprint density at radius 2 is 1.55 bits per heavy atom. The van der Waals surface area contributed by atoms with E-state index in [1.807, 2.05) is 30.3 Å².